The van der Waals surface area contributed by atoms with Gasteiger partial charge in [-0.3, -0.25) is 29.1 Å². The Hall–Kier alpha value is -3.68. The molecule has 0 bridgehead atoms. The Bertz CT molecular complexity index is 1540. The summed E-state index contributed by atoms with van der Waals surface area (Å²) in [5, 5.41) is 0.473. The summed E-state index contributed by atoms with van der Waals surface area (Å²) in [6, 6.07) is 6.41. The van der Waals surface area contributed by atoms with Crippen molar-refractivity contribution >= 4 is 46.5 Å². The van der Waals surface area contributed by atoms with Crippen LogP contribution in [0.25, 0.3) is 0 Å². The number of carbonyl (C=O) groups is 3. The van der Waals surface area contributed by atoms with Gasteiger partial charge in [0.1, 0.15) is 11.9 Å². The smallest absolute Gasteiger partial charge is 0.367 e. The molecule has 0 saturated carbocycles. The molecule has 3 fully saturated rings. The third-order valence-corrected chi connectivity index (χ3v) is 9.89. The first-order chi connectivity index (χ1) is 21.8. The number of rotatable bonds is 6. The van der Waals surface area contributed by atoms with Gasteiger partial charge in [0.25, 0.3) is 0 Å². The van der Waals surface area contributed by atoms with Gasteiger partial charge in [-0.15, -0.1) is 0 Å². The van der Waals surface area contributed by atoms with Gasteiger partial charge in [-0.05, 0) is 37.3 Å². The Morgan fingerprint density at radius 2 is 1.80 bits per heavy atom. The van der Waals surface area contributed by atoms with Crippen molar-refractivity contribution in [2.75, 3.05) is 80.7 Å². The van der Waals surface area contributed by atoms with E-state index in [1.165, 1.54) is 17.9 Å². The largest absolute Gasteiger partial charge is 0.416 e. The average Bonchev–Trinajstić information content (AvgIpc) is 3.32. The molecule has 1 aromatic heterocycles. The normalized spacial score (nSPS) is 23.2. The van der Waals surface area contributed by atoms with Crippen LogP contribution in [0.1, 0.15) is 17.7 Å². The molecule has 4 aliphatic rings. The second kappa shape index (κ2) is 12.5. The molecule has 4 aliphatic heterocycles. The van der Waals surface area contributed by atoms with Gasteiger partial charge in [-0.1, -0.05) is 24.2 Å². The average molecular weight is 660 g/mol. The minimum atomic E-state index is -4.63. The van der Waals surface area contributed by atoms with E-state index < -0.39 is 35.5 Å². The topological polar surface area (TPSA) is 83.5 Å². The summed E-state index contributed by atoms with van der Waals surface area (Å²) in [6.45, 7) is 11.5. The number of halogens is 4. The van der Waals surface area contributed by atoms with E-state index in [0.717, 1.165) is 43.2 Å². The molecule has 2 aromatic rings. The zero-order valence-electron chi connectivity index (χ0n) is 25.8. The lowest BCUT2D eigenvalue weighted by Gasteiger charge is -2.48. The molecule has 3 amide bonds. The van der Waals surface area contributed by atoms with Gasteiger partial charge in [0.2, 0.25) is 17.7 Å². The van der Waals surface area contributed by atoms with Gasteiger partial charge < -0.3 is 14.7 Å². The van der Waals surface area contributed by atoms with Crippen molar-refractivity contribution in [2.45, 2.75) is 31.6 Å². The first-order valence-electron chi connectivity index (χ1n) is 15.4. The molecular weight excluding hydrogens is 623 g/mol. The van der Waals surface area contributed by atoms with Crippen LogP contribution in [0.4, 0.5) is 30.4 Å². The monoisotopic (exact) mass is 659 g/mol. The molecule has 246 valence electrons. The highest BCUT2D eigenvalue weighted by atomic mass is 35.5. The fraction of sp³-hybridized carbons (Fsp3) is 0.500. The quantitative estimate of drug-likeness (QED) is 0.441. The highest BCUT2D eigenvalue weighted by Crippen LogP contribution is 2.43. The number of anilines is 3. The van der Waals surface area contributed by atoms with E-state index in [1.54, 1.807) is 30.1 Å². The van der Waals surface area contributed by atoms with E-state index >= 15 is 0 Å². The molecule has 6 rings (SSSR count). The van der Waals surface area contributed by atoms with E-state index in [2.05, 4.69) is 26.3 Å². The number of likely N-dealkylation sites (tertiary alicyclic amines) is 1. The first kappa shape index (κ1) is 32.3. The number of pyridine rings is 1. The Morgan fingerprint density at radius 1 is 1.09 bits per heavy atom. The predicted molar refractivity (Wildman–Crippen MR) is 169 cm³/mol. The number of para-hydroxylation sites is 1. The minimum Gasteiger partial charge on any atom is -0.367 e. The van der Waals surface area contributed by atoms with E-state index in [0.29, 0.717) is 55.2 Å². The zero-order chi connectivity index (χ0) is 32.9. The molecule has 0 aliphatic carbocycles. The van der Waals surface area contributed by atoms with Crippen LogP contribution < -0.4 is 14.7 Å². The van der Waals surface area contributed by atoms with Crippen molar-refractivity contribution in [3.8, 4) is 0 Å². The Morgan fingerprint density at radius 3 is 2.48 bits per heavy atom. The van der Waals surface area contributed by atoms with Crippen LogP contribution in [0.5, 0.6) is 0 Å². The summed E-state index contributed by atoms with van der Waals surface area (Å²) < 4.78 is 41.1. The second-order valence-corrected chi connectivity index (χ2v) is 12.9. The highest BCUT2D eigenvalue weighted by Gasteiger charge is 2.49. The molecule has 3 saturated heterocycles. The summed E-state index contributed by atoms with van der Waals surface area (Å²) in [5.74, 6) is -1.56. The zero-order valence-corrected chi connectivity index (χ0v) is 26.6. The first-order valence-corrected chi connectivity index (χ1v) is 15.8. The number of amides is 3. The molecule has 1 aromatic carbocycles. The SMILES string of the molecule is C=CC(=O)N1CC(N2CCN(CCN3C[C@H]4CC(=O)N(c5cc(C(F)(F)F)cc(C)n5)[C@@H]4C(=O)N(C)c4cccc(Cl)c43)CC2)C1. The number of fused-ring (bicyclic) bond motifs is 2. The number of alkyl halides is 3. The lowest BCUT2D eigenvalue weighted by molar-refractivity contribution is -0.137. The standard InChI is InChI=1S/C32H37ClF3N7O3/c1-4-27(44)42-18-23(19-42)40-11-8-39(9-12-40)10-13-41-17-21-15-28(45)43(26-16-22(32(34,35)36)14-20(2)37-26)29(21)31(46)38(3)25-7-5-6-24(33)30(25)41/h4-7,14,16,21,23,29H,1,8-13,15,17-19H2,2-3H3/t21-,29+/m1/s1. The predicted octanol–water partition coefficient (Wildman–Crippen LogP) is 3.28. The van der Waals surface area contributed by atoms with Crippen LogP contribution in [0, 0.1) is 12.8 Å². The number of nitrogens with zero attached hydrogens (tertiary/aromatic N) is 7. The molecule has 14 heteroatoms. The van der Waals surface area contributed by atoms with Gasteiger partial charge in [0.15, 0.2) is 0 Å². The van der Waals surface area contributed by atoms with Crippen molar-refractivity contribution in [2.24, 2.45) is 5.92 Å². The summed E-state index contributed by atoms with van der Waals surface area (Å²) in [5.41, 5.74) is 0.442. The molecule has 10 nitrogen and oxygen atoms in total. The lowest BCUT2D eigenvalue weighted by Crippen LogP contribution is -2.64. The number of carbonyl (C=O) groups excluding carboxylic acids is 3. The molecular formula is C32H37ClF3N7O3. The highest BCUT2D eigenvalue weighted by molar-refractivity contribution is 6.34. The van der Waals surface area contributed by atoms with E-state index in [4.69, 9.17) is 11.6 Å². The molecule has 0 spiro atoms. The molecule has 0 N–H and O–H groups in total. The Kier molecular flexibility index (Phi) is 8.77. The van der Waals surface area contributed by atoms with Gasteiger partial charge in [0, 0.05) is 90.0 Å². The summed E-state index contributed by atoms with van der Waals surface area (Å²) in [4.78, 5) is 54.9. The number of aryl methyl sites for hydroxylation is 1. The molecule has 2 atom stereocenters. The van der Waals surface area contributed by atoms with Crippen LogP contribution in [-0.2, 0) is 20.6 Å². The van der Waals surface area contributed by atoms with Crippen molar-refractivity contribution in [3.05, 3.63) is 59.3 Å². The van der Waals surface area contributed by atoms with Crippen LogP contribution in [0.3, 0.4) is 0 Å². The third kappa shape index (κ3) is 6.07. The van der Waals surface area contributed by atoms with Crippen LogP contribution in [-0.4, -0.2) is 115 Å². The molecule has 0 unspecified atom stereocenters. The van der Waals surface area contributed by atoms with E-state index in [1.807, 2.05) is 0 Å². The maximum atomic E-state index is 14.0. The fourth-order valence-corrected chi connectivity index (χ4v) is 7.37. The number of aromatic nitrogens is 1. The van der Waals surface area contributed by atoms with Gasteiger partial charge >= 0.3 is 6.18 Å². The van der Waals surface area contributed by atoms with Gasteiger partial charge in [-0.25, -0.2) is 4.98 Å². The van der Waals surface area contributed by atoms with Crippen molar-refractivity contribution < 1.29 is 27.6 Å². The van der Waals surface area contributed by atoms with Gasteiger partial charge in [-0.2, -0.15) is 13.2 Å². The summed E-state index contributed by atoms with van der Waals surface area (Å²) in [6.07, 6.45) is -3.29. The summed E-state index contributed by atoms with van der Waals surface area (Å²) >= 11 is 6.76. The number of hydrogen-bond donors (Lipinski definition) is 0. The number of piperazine rings is 1. The lowest BCUT2D eigenvalue weighted by atomic mass is 9.95. The minimum absolute atomic E-state index is 0.0110. The molecule has 0 radical (unpaired) electrons. The van der Waals surface area contributed by atoms with Crippen molar-refractivity contribution in [1.29, 1.82) is 0 Å². The van der Waals surface area contributed by atoms with Crippen LogP contribution >= 0.6 is 11.6 Å². The molecule has 46 heavy (non-hydrogen) atoms. The van der Waals surface area contributed by atoms with E-state index in [-0.39, 0.29) is 23.8 Å². The number of benzene rings is 1. The van der Waals surface area contributed by atoms with Crippen LogP contribution in [0.2, 0.25) is 5.02 Å². The second-order valence-electron chi connectivity index (χ2n) is 12.5. The van der Waals surface area contributed by atoms with Gasteiger partial charge in [0.05, 0.1) is 22.0 Å². The Labute approximate surface area is 271 Å². The number of hydrogen-bond acceptors (Lipinski definition) is 7. The third-order valence-electron chi connectivity index (χ3n) is 9.58. The van der Waals surface area contributed by atoms with Crippen LogP contribution in [0.15, 0.2) is 43.0 Å². The fourth-order valence-electron chi connectivity index (χ4n) is 7.08. The van der Waals surface area contributed by atoms with Crippen molar-refractivity contribution in [1.82, 2.24) is 19.7 Å². The summed E-state index contributed by atoms with van der Waals surface area (Å²) in [7, 11) is 1.60. The number of likely N-dealkylation sites (N-methyl/N-ethyl adjacent to an activating group) is 1. The maximum Gasteiger partial charge on any atom is 0.416 e. The molecule has 5 heterocycles. The maximum absolute atomic E-state index is 14.0. The van der Waals surface area contributed by atoms with E-state index in [9.17, 15) is 27.6 Å². The van der Waals surface area contributed by atoms with Crippen molar-refractivity contribution in [3.63, 3.8) is 0 Å². The Balaban J connectivity index is 1.21.